The fraction of sp³-hybridized carbons (Fsp3) is 0.160. The van der Waals surface area contributed by atoms with Gasteiger partial charge in [0, 0.05) is 23.8 Å². The second-order valence-electron chi connectivity index (χ2n) is 7.23. The van der Waals surface area contributed by atoms with Gasteiger partial charge in [0.05, 0.1) is 11.6 Å². The molecular formula is C25H22N2. The molecule has 0 saturated carbocycles. The standard InChI is InChI=1S/C25H22N2/c1-2-9-22(10-3-1)27-16-14-20-7-4-5-11-23(20)25(27)18-19-12-13-24-21(17-19)8-6-15-26-24/h1-13,15,17,25H,14,16,18H2. The first-order chi connectivity index (χ1) is 13.4. The molecule has 0 radical (unpaired) electrons. The van der Waals surface area contributed by atoms with Gasteiger partial charge in [-0.3, -0.25) is 4.98 Å². The smallest absolute Gasteiger partial charge is 0.0702 e. The van der Waals surface area contributed by atoms with E-state index in [1.54, 1.807) is 0 Å². The SMILES string of the molecule is c1ccc(N2CCc3ccccc3C2Cc2ccc3ncccc3c2)cc1. The van der Waals surface area contributed by atoms with E-state index in [9.17, 15) is 0 Å². The largest absolute Gasteiger partial charge is 0.364 e. The number of nitrogens with zero attached hydrogens (tertiary/aromatic N) is 2. The lowest BCUT2D eigenvalue weighted by Crippen LogP contribution is -2.36. The zero-order chi connectivity index (χ0) is 18.1. The molecule has 132 valence electrons. The summed E-state index contributed by atoms with van der Waals surface area (Å²) in [5.41, 5.74) is 6.67. The Kier molecular flexibility index (Phi) is 4.10. The number of benzene rings is 3. The third kappa shape index (κ3) is 3.08. The van der Waals surface area contributed by atoms with Crippen LogP contribution in [0.5, 0.6) is 0 Å². The highest BCUT2D eigenvalue weighted by molar-refractivity contribution is 5.79. The summed E-state index contributed by atoms with van der Waals surface area (Å²) in [5, 5.41) is 1.21. The molecular weight excluding hydrogens is 328 g/mol. The third-order valence-electron chi connectivity index (χ3n) is 5.60. The van der Waals surface area contributed by atoms with Gasteiger partial charge in [-0.1, -0.05) is 54.6 Å². The fourth-order valence-corrected chi connectivity index (χ4v) is 4.28. The van der Waals surface area contributed by atoms with Gasteiger partial charge >= 0.3 is 0 Å². The molecule has 0 saturated heterocycles. The van der Waals surface area contributed by atoms with Crippen LogP contribution in [0.3, 0.4) is 0 Å². The molecule has 1 unspecified atom stereocenters. The number of fused-ring (bicyclic) bond motifs is 2. The van der Waals surface area contributed by atoms with E-state index in [0.29, 0.717) is 6.04 Å². The van der Waals surface area contributed by atoms with Crippen molar-refractivity contribution in [3.63, 3.8) is 0 Å². The van der Waals surface area contributed by atoms with E-state index in [2.05, 4.69) is 88.7 Å². The molecule has 27 heavy (non-hydrogen) atoms. The fourth-order valence-electron chi connectivity index (χ4n) is 4.28. The van der Waals surface area contributed by atoms with E-state index >= 15 is 0 Å². The van der Waals surface area contributed by atoms with Crippen LogP contribution in [0.1, 0.15) is 22.7 Å². The van der Waals surface area contributed by atoms with Gasteiger partial charge in [-0.15, -0.1) is 0 Å². The minimum atomic E-state index is 0.353. The first-order valence-corrected chi connectivity index (χ1v) is 9.62. The zero-order valence-electron chi connectivity index (χ0n) is 15.3. The number of anilines is 1. The summed E-state index contributed by atoms with van der Waals surface area (Å²) < 4.78 is 0. The Hall–Kier alpha value is -3.13. The maximum atomic E-state index is 4.46. The average molecular weight is 350 g/mol. The predicted octanol–water partition coefficient (Wildman–Crippen LogP) is 5.58. The lowest BCUT2D eigenvalue weighted by molar-refractivity contribution is 0.580. The van der Waals surface area contributed by atoms with E-state index in [-0.39, 0.29) is 0 Å². The maximum absolute atomic E-state index is 4.46. The summed E-state index contributed by atoms with van der Waals surface area (Å²) >= 11 is 0. The molecule has 4 aromatic rings. The highest BCUT2D eigenvalue weighted by atomic mass is 15.2. The Labute approximate surface area is 160 Å². The molecule has 0 spiro atoms. The minimum Gasteiger partial charge on any atom is -0.364 e. The van der Waals surface area contributed by atoms with Crippen molar-refractivity contribution in [2.24, 2.45) is 0 Å². The van der Waals surface area contributed by atoms with Crippen LogP contribution in [0, 0.1) is 0 Å². The van der Waals surface area contributed by atoms with Crippen LogP contribution >= 0.6 is 0 Å². The molecule has 0 bridgehead atoms. The molecule has 3 aromatic carbocycles. The average Bonchev–Trinajstić information content (AvgIpc) is 2.74. The number of pyridine rings is 1. The molecule has 0 amide bonds. The number of hydrogen-bond acceptors (Lipinski definition) is 2. The van der Waals surface area contributed by atoms with Crippen molar-refractivity contribution in [3.8, 4) is 0 Å². The lowest BCUT2D eigenvalue weighted by Gasteiger charge is -2.39. The maximum Gasteiger partial charge on any atom is 0.0702 e. The Morgan fingerprint density at radius 3 is 2.63 bits per heavy atom. The molecule has 0 aliphatic carbocycles. The second kappa shape index (κ2) is 6.88. The highest BCUT2D eigenvalue weighted by Gasteiger charge is 2.27. The van der Waals surface area contributed by atoms with E-state index in [1.807, 2.05) is 12.3 Å². The molecule has 0 N–H and O–H groups in total. The van der Waals surface area contributed by atoms with Crippen LogP contribution in [0.15, 0.2) is 91.1 Å². The number of para-hydroxylation sites is 1. The van der Waals surface area contributed by atoms with Crippen LogP contribution in [-0.4, -0.2) is 11.5 Å². The zero-order valence-corrected chi connectivity index (χ0v) is 15.3. The van der Waals surface area contributed by atoms with Gasteiger partial charge in [-0.2, -0.15) is 0 Å². The lowest BCUT2D eigenvalue weighted by atomic mass is 9.88. The molecule has 5 rings (SSSR count). The first kappa shape index (κ1) is 16.1. The van der Waals surface area contributed by atoms with Gasteiger partial charge < -0.3 is 4.90 Å². The van der Waals surface area contributed by atoms with E-state index < -0.39 is 0 Å². The summed E-state index contributed by atoms with van der Waals surface area (Å²) in [6.45, 7) is 1.06. The first-order valence-electron chi connectivity index (χ1n) is 9.62. The third-order valence-corrected chi connectivity index (χ3v) is 5.60. The summed E-state index contributed by atoms with van der Waals surface area (Å²) in [4.78, 5) is 7.02. The van der Waals surface area contributed by atoms with Crippen LogP contribution in [0.4, 0.5) is 5.69 Å². The van der Waals surface area contributed by atoms with Crippen molar-refractivity contribution in [3.05, 3.63) is 108 Å². The highest BCUT2D eigenvalue weighted by Crippen LogP contribution is 2.36. The molecule has 1 aliphatic rings. The van der Waals surface area contributed by atoms with Gasteiger partial charge in [-0.25, -0.2) is 0 Å². The Morgan fingerprint density at radius 2 is 1.70 bits per heavy atom. The molecule has 2 nitrogen and oxygen atoms in total. The minimum absolute atomic E-state index is 0.353. The normalized spacial score (nSPS) is 16.3. The van der Waals surface area contributed by atoms with Crippen molar-refractivity contribution in [2.75, 3.05) is 11.4 Å². The van der Waals surface area contributed by atoms with E-state index in [4.69, 9.17) is 0 Å². The molecule has 2 heteroatoms. The van der Waals surface area contributed by atoms with Gasteiger partial charge in [0.2, 0.25) is 0 Å². The van der Waals surface area contributed by atoms with E-state index in [0.717, 1.165) is 24.9 Å². The summed E-state index contributed by atoms with van der Waals surface area (Å²) in [6, 6.07) is 30.9. The molecule has 1 aliphatic heterocycles. The topological polar surface area (TPSA) is 16.1 Å². The molecule has 0 fully saturated rings. The Bertz CT molecular complexity index is 1070. The van der Waals surface area contributed by atoms with Crippen LogP contribution in [0.25, 0.3) is 10.9 Å². The van der Waals surface area contributed by atoms with Gasteiger partial charge in [0.15, 0.2) is 0 Å². The summed E-state index contributed by atoms with van der Waals surface area (Å²) in [5.74, 6) is 0. The van der Waals surface area contributed by atoms with Crippen molar-refractivity contribution in [2.45, 2.75) is 18.9 Å². The summed E-state index contributed by atoms with van der Waals surface area (Å²) in [6.07, 6.45) is 3.95. The summed E-state index contributed by atoms with van der Waals surface area (Å²) in [7, 11) is 0. The quantitative estimate of drug-likeness (QED) is 0.479. The van der Waals surface area contributed by atoms with Gasteiger partial charge in [0.1, 0.15) is 0 Å². The van der Waals surface area contributed by atoms with Gasteiger partial charge in [0.25, 0.3) is 0 Å². The van der Waals surface area contributed by atoms with Crippen LogP contribution in [0.2, 0.25) is 0 Å². The van der Waals surface area contributed by atoms with Crippen LogP contribution < -0.4 is 4.90 Å². The van der Waals surface area contributed by atoms with Crippen molar-refractivity contribution < 1.29 is 0 Å². The second-order valence-corrected chi connectivity index (χ2v) is 7.23. The van der Waals surface area contributed by atoms with Crippen molar-refractivity contribution in [1.82, 2.24) is 4.98 Å². The Balaban J connectivity index is 1.56. The number of aromatic nitrogens is 1. The molecule has 1 aromatic heterocycles. The van der Waals surface area contributed by atoms with Crippen LogP contribution in [-0.2, 0) is 12.8 Å². The van der Waals surface area contributed by atoms with E-state index in [1.165, 1.54) is 27.8 Å². The van der Waals surface area contributed by atoms with Crippen molar-refractivity contribution >= 4 is 16.6 Å². The van der Waals surface area contributed by atoms with Crippen molar-refractivity contribution in [1.29, 1.82) is 0 Å². The van der Waals surface area contributed by atoms with Gasteiger partial charge in [-0.05, 0) is 59.9 Å². The number of rotatable bonds is 3. The monoisotopic (exact) mass is 350 g/mol. The number of hydrogen-bond donors (Lipinski definition) is 0. The predicted molar refractivity (Wildman–Crippen MR) is 112 cm³/mol. The molecule has 1 atom stereocenters. The Morgan fingerprint density at radius 1 is 0.852 bits per heavy atom. The molecule has 2 heterocycles.